The predicted octanol–water partition coefficient (Wildman–Crippen LogP) is 0.419. The Labute approximate surface area is 64.3 Å². The molecule has 0 aliphatic heterocycles. The fraction of sp³-hybridized carbons (Fsp3) is 0.200. The van der Waals surface area contributed by atoms with Crippen molar-refractivity contribution in [1.82, 2.24) is 0 Å². The Balaban J connectivity index is 0.000000180. The van der Waals surface area contributed by atoms with E-state index in [1.165, 1.54) is 6.82 Å². The zero-order valence-corrected chi connectivity index (χ0v) is 6.51. The third kappa shape index (κ3) is 7.48. The molecule has 1 aromatic heterocycles. The maximum Gasteiger partial charge on any atom is 0.448 e. The summed E-state index contributed by atoms with van der Waals surface area (Å²) in [6, 6.07) is 3.81. The second kappa shape index (κ2) is 5.28. The molecule has 1 aromatic rings. The van der Waals surface area contributed by atoms with Crippen molar-refractivity contribution < 1.29 is 10.0 Å². The minimum absolute atomic E-state index is 0.884. The molecule has 4 N–H and O–H groups in total. The molecule has 3 nitrogen and oxygen atoms in total. The molecule has 0 aliphatic rings. The molecule has 0 saturated carbocycles. The van der Waals surface area contributed by atoms with Gasteiger partial charge in [0, 0.05) is 0 Å². The van der Waals surface area contributed by atoms with E-state index in [0.29, 0.717) is 0 Å². The first-order valence-electron chi connectivity index (χ1n) is 2.78. The molecule has 0 unspecified atom stereocenters. The average Bonchev–Trinajstić information content (AvgIpc) is 2.15. The molecule has 0 fully saturated rings. The monoisotopic (exact) mass is 159 g/mol. The van der Waals surface area contributed by atoms with Gasteiger partial charge >= 0.3 is 7.12 Å². The second-order valence-electron chi connectivity index (χ2n) is 1.65. The summed E-state index contributed by atoms with van der Waals surface area (Å²) in [5.41, 5.74) is 5.30. The van der Waals surface area contributed by atoms with Gasteiger partial charge in [-0.15, -0.1) is 11.3 Å². The van der Waals surface area contributed by atoms with Crippen molar-refractivity contribution >= 4 is 23.5 Å². The molecule has 0 atom stereocenters. The van der Waals surface area contributed by atoms with Crippen molar-refractivity contribution in [2.45, 2.75) is 6.82 Å². The summed E-state index contributed by atoms with van der Waals surface area (Å²) < 4.78 is 0. The summed E-state index contributed by atoms with van der Waals surface area (Å²) in [7, 11) is -1.17. The highest BCUT2D eigenvalue weighted by atomic mass is 32.1. The van der Waals surface area contributed by atoms with Gasteiger partial charge in [0.25, 0.3) is 0 Å². The summed E-state index contributed by atoms with van der Waals surface area (Å²) in [4.78, 5) is 0. The van der Waals surface area contributed by atoms with Crippen LogP contribution in [-0.4, -0.2) is 17.2 Å². The minimum Gasteiger partial charge on any atom is -0.427 e. The first-order valence-corrected chi connectivity index (χ1v) is 3.66. The fourth-order valence-corrected chi connectivity index (χ4v) is 0.763. The van der Waals surface area contributed by atoms with Crippen molar-refractivity contribution in [2.75, 3.05) is 5.73 Å². The van der Waals surface area contributed by atoms with Crippen LogP contribution >= 0.6 is 11.3 Å². The first-order chi connectivity index (χ1) is 4.63. The number of nitrogens with two attached hydrogens (primary N) is 1. The smallest absolute Gasteiger partial charge is 0.427 e. The van der Waals surface area contributed by atoms with Crippen molar-refractivity contribution in [3.05, 3.63) is 17.5 Å². The highest BCUT2D eigenvalue weighted by molar-refractivity contribution is 7.13. The maximum atomic E-state index is 7.61. The lowest BCUT2D eigenvalue weighted by molar-refractivity contribution is 0.417. The third-order valence-corrected chi connectivity index (χ3v) is 1.24. The Morgan fingerprint density at radius 3 is 2.20 bits per heavy atom. The van der Waals surface area contributed by atoms with Crippen LogP contribution in [0.4, 0.5) is 5.00 Å². The topological polar surface area (TPSA) is 66.5 Å². The Morgan fingerprint density at radius 1 is 1.60 bits per heavy atom. The maximum absolute atomic E-state index is 7.61. The minimum atomic E-state index is -1.17. The Kier molecular flexibility index (Phi) is 5.01. The van der Waals surface area contributed by atoms with Gasteiger partial charge in [-0.25, -0.2) is 0 Å². The third-order valence-electron chi connectivity index (χ3n) is 0.543. The van der Waals surface area contributed by atoms with E-state index in [2.05, 4.69) is 0 Å². The summed E-state index contributed by atoms with van der Waals surface area (Å²) in [5, 5.41) is 18.1. The van der Waals surface area contributed by atoms with E-state index in [9.17, 15) is 0 Å². The number of anilines is 1. The number of hydrogen-bond donors (Lipinski definition) is 3. The molecular weight excluding hydrogens is 149 g/mol. The summed E-state index contributed by atoms with van der Waals surface area (Å²) >= 11 is 1.56. The van der Waals surface area contributed by atoms with Crippen LogP contribution in [0.15, 0.2) is 17.5 Å². The Bertz CT molecular complexity index is 152. The van der Waals surface area contributed by atoms with Crippen LogP contribution in [-0.2, 0) is 0 Å². The number of nitrogen functional groups attached to an aromatic ring is 1. The number of rotatable bonds is 0. The van der Waals surface area contributed by atoms with E-state index in [1.54, 1.807) is 11.3 Å². The van der Waals surface area contributed by atoms with E-state index in [4.69, 9.17) is 15.8 Å². The highest BCUT2D eigenvalue weighted by Crippen LogP contribution is 2.07. The number of hydrogen-bond acceptors (Lipinski definition) is 4. The first kappa shape index (κ1) is 9.48. The van der Waals surface area contributed by atoms with Gasteiger partial charge in [-0.05, 0) is 24.3 Å². The van der Waals surface area contributed by atoms with Crippen molar-refractivity contribution in [2.24, 2.45) is 0 Å². The molecule has 0 amide bonds. The SMILES string of the molecule is CB(O)O.Nc1cccs1. The molecule has 0 aromatic carbocycles. The second-order valence-corrected chi connectivity index (χ2v) is 2.63. The molecule has 5 heteroatoms. The largest absolute Gasteiger partial charge is 0.448 e. The van der Waals surface area contributed by atoms with Crippen LogP contribution in [0.2, 0.25) is 6.82 Å². The fourth-order valence-electron chi connectivity index (χ4n) is 0.291. The predicted molar refractivity (Wildman–Crippen MR) is 44.8 cm³/mol. The van der Waals surface area contributed by atoms with Crippen molar-refractivity contribution in [3.63, 3.8) is 0 Å². The summed E-state index contributed by atoms with van der Waals surface area (Å²) in [5.74, 6) is 0. The highest BCUT2D eigenvalue weighted by Gasteiger charge is 1.86. The van der Waals surface area contributed by atoms with Gasteiger partial charge in [0.15, 0.2) is 0 Å². The van der Waals surface area contributed by atoms with E-state index in [-0.39, 0.29) is 0 Å². The quantitative estimate of drug-likeness (QED) is 0.480. The van der Waals surface area contributed by atoms with Crippen LogP contribution in [0.3, 0.4) is 0 Å². The molecule has 10 heavy (non-hydrogen) atoms. The van der Waals surface area contributed by atoms with E-state index in [1.807, 2.05) is 17.5 Å². The van der Waals surface area contributed by atoms with Crippen LogP contribution < -0.4 is 5.73 Å². The normalized spacial score (nSPS) is 7.90. The van der Waals surface area contributed by atoms with Gasteiger partial charge in [-0.2, -0.15) is 0 Å². The molecule has 0 radical (unpaired) electrons. The molecule has 0 spiro atoms. The standard InChI is InChI=1S/C4H5NS.CH5BO2/c5-4-2-1-3-6-4;1-2(3)4/h1-3H,5H2;3-4H,1H3. The molecule has 0 aliphatic carbocycles. The van der Waals surface area contributed by atoms with Gasteiger partial charge in [-0.3, -0.25) is 0 Å². The zero-order chi connectivity index (χ0) is 7.98. The molecule has 0 saturated heterocycles. The molecule has 0 bridgehead atoms. The molecule has 1 heterocycles. The zero-order valence-electron chi connectivity index (χ0n) is 5.69. The van der Waals surface area contributed by atoms with Gasteiger partial charge in [0.05, 0.1) is 5.00 Å². The van der Waals surface area contributed by atoms with Gasteiger partial charge in [0.2, 0.25) is 0 Å². The molecule has 56 valence electrons. The van der Waals surface area contributed by atoms with E-state index < -0.39 is 7.12 Å². The average molecular weight is 159 g/mol. The van der Waals surface area contributed by atoms with Gasteiger partial charge in [0.1, 0.15) is 0 Å². The lowest BCUT2D eigenvalue weighted by atomic mass is 9.99. The Morgan fingerprint density at radius 2 is 2.10 bits per heavy atom. The lowest BCUT2D eigenvalue weighted by Crippen LogP contribution is -2.00. The summed E-state index contributed by atoms with van der Waals surface area (Å²) in [6.45, 7) is 1.28. The number of thiophene rings is 1. The van der Waals surface area contributed by atoms with Crippen LogP contribution in [0, 0.1) is 0 Å². The van der Waals surface area contributed by atoms with Crippen LogP contribution in [0.5, 0.6) is 0 Å². The van der Waals surface area contributed by atoms with Crippen LogP contribution in [0.25, 0.3) is 0 Å². The van der Waals surface area contributed by atoms with Gasteiger partial charge < -0.3 is 15.8 Å². The Hall–Kier alpha value is -0.515. The van der Waals surface area contributed by atoms with E-state index in [0.717, 1.165) is 5.00 Å². The van der Waals surface area contributed by atoms with Crippen molar-refractivity contribution in [3.8, 4) is 0 Å². The van der Waals surface area contributed by atoms with Crippen LogP contribution in [0.1, 0.15) is 0 Å². The van der Waals surface area contributed by atoms with Crippen molar-refractivity contribution in [1.29, 1.82) is 0 Å². The lowest BCUT2D eigenvalue weighted by Gasteiger charge is -1.71. The molecule has 1 rings (SSSR count). The van der Waals surface area contributed by atoms with E-state index >= 15 is 0 Å². The molecular formula is C5H10BNO2S. The summed E-state index contributed by atoms with van der Waals surface area (Å²) in [6.07, 6.45) is 0. The van der Waals surface area contributed by atoms with Gasteiger partial charge in [-0.1, -0.05) is 0 Å².